The molecule has 5 rings (SSSR count). The molecule has 0 saturated carbocycles. The van der Waals surface area contributed by atoms with E-state index in [-0.39, 0.29) is 5.91 Å². The van der Waals surface area contributed by atoms with Crippen LogP contribution in [-0.2, 0) is 0 Å². The minimum Gasteiger partial charge on any atom is -0.352 e. The first kappa shape index (κ1) is 21.4. The van der Waals surface area contributed by atoms with Crippen LogP contribution in [0.15, 0.2) is 66.7 Å². The van der Waals surface area contributed by atoms with E-state index in [1.54, 1.807) is 16.6 Å². The van der Waals surface area contributed by atoms with Crippen molar-refractivity contribution in [1.82, 2.24) is 25.2 Å². The number of hydrogen-bond acceptors (Lipinski definition) is 5. The number of benzene rings is 2. The Morgan fingerprint density at radius 2 is 1.97 bits per heavy atom. The molecule has 33 heavy (non-hydrogen) atoms. The van der Waals surface area contributed by atoms with Gasteiger partial charge in [0.25, 0.3) is 5.91 Å². The Hall–Kier alpha value is -3.42. The van der Waals surface area contributed by atoms with Gasteiger partial charge in [-0.15, -0.1) is 5.10 Å². The summed E-state index contributed by atoms with van der Waals surface area (Å²) in [5.41, 5.74) is 4.02. The molecule has 1 atom stereocenters. The highest BCUT2D eigenvalue weighted by molar-refractivity contribution is 6.30. The highest BCUT2D eigenvalue weighted by Crippen LogP contribution is 2.24. The number of rotatable bonds is 7. The predicted molar refractivity (Wildman–Crippen MR) is 131 cm³/mol. The Balaban J connectivity index is 1.26. The van der Waals surface area contributed by atoms with Crippen molar-refractivity contribution in [3.63, 3.8) is 0 Å². The summed E-state index contributed by atoms with van der Waals surface area (Å²) in [5.74, 6) is 0.419. The quantitative estimate of drug-likeness (QED) is 0.373. The maximum Gasteiger partial charge on any atom is 0.251 e. The highest BCUT2D eigenvalue weighted by Gasteiger charge is 2.14. The van der Waals surface area contributed by atoms with E-state index in [0.29, 0.717) is 29.1 Å². The van der Waals surface area contributed by atoms with Crippen molar-refractivity contribution in [3.05, 3.63) is 77.3 Å². The Bertz CT molecular complexity index is 1260. The van der Waals surface area contributed by atoms with E-state index in [2.05, 4.69) is 26.0 Å². The molecule has 3 heterocycles. The second-order valence-corrected chi connectivity index (χ2v) is 8.60. The van der Waals surface area contributed by atoms with Crippen molar-refractivity contribution in [2.75, 3.05) is 18.4 Å². The predicted octanol–water partition coefficient (Wildman–Crippen LogP) is 4.67. The van der Waals surface area contributed by atoms with Gasteiger partial charge in [0.05, 0.1) is 5.69 Å². The zero-order valence-electron chi connectivity index (χ0n) is 18.1. The summed E-state index contributed by atoms with van der Waals surface area (Å²) in [6.45, 7) is 1.76. The van der Waals surface area contributed by atoms with Crippen LogP contribution in [0.25, 0.3) is 16.9 Å². The van der Waals surface area contributed by atoms with Crippen LogP contribution in [0.3, 0.4) is 0 Å². The molecule has 2 aromatic heterocycles. The molecule has 0 aliphatic carbocycles. The molecule has 1 aliphatic rings. The number of fused-ring (bicyclic) bond motifs is 1. The van der Waals surface area contributed by atoms with E-state index >= 15 is 0 Å². The summed E-state index contributed by atoms with van der Waals surface area (Å²) < 4.78 is 1.79. The summed E-state index contributed by atoms with van der Waals surface area (Å²) >= 11 is 6.16. The summed E-state index contributed by atoms with van der Waals surface area (Å²) in [7, 11) is 0. The zero-order valence-corrected chi connectivity index (χ0v) is 18.8. The van der Waals surface area contributed by atoms with Crippen molar-refractivity contribution in [2.45, 2.75) is 25.3 Å². The average molecular weight is 461 g/mol. The maximum absolute atomic E-state index is 12.4. The van der Waals surface area contributed by atoms with Crippen LogP contribution >= 0.6 is 11.6 Å². The standard InChI is InChI=1S/C25H25ClN6O/c26-19-5-1-4-18(16-19)22-7-2-8-23-30-25(31-32(22)23)29-21-11-9-17(10-12-21)24(33)28-15-13-20-6-3-14-27-20/h1-2,4-5,7-12,16,20,27H,3,6,13-15H2,(H,28,33)(H,29,31). The zero-order chi connectivity index (χ0) is 22.6. The van der Waals surface area contributed by atoms with E-state index < -0.39 is 0 Å². The number of amides is 1. The molecular formula is C25H25ClN6O. The van der Waals surface area contributed by atoms with Gasteiger partial charge in [-0.1, -0.05) is 29.8 Å². The van der Waals surface area contributed by atoms with Crippen LogP contribution in [0, 0.1) is 0 Å². The first-order valence-electron chi connectivity index (χ1n) is 11.2. The summed E-state index contributed by atoms with van der Waals surface area (Å²) in [4.78, 5) is 17.0. The third-order valence-electron chi connectivity index (χ3n) is 5.82. The fraction of sp³-hybridized carbons (Fsp3) is 0.240. The normalized spacial score (nSPS) is 15.6. The number of aromatic nitrogens is 3. The van der Waals surface area contributed by atoms with Crippen molar-refractivity contribution in [2.24, 2.45) is 0 Å². The summed E-state index contributed by atoms with van der Waals surface area (Å²) in [5, 5.41) is 15.0. The molecular weight excluding hydrogens is 436 g/mol. The third-order valence-corrected chi connectivity index (χ3v) is 6.06. The van der Waals surface area contributed by atoms with Gasteiger partial charge in [0.2, 0.25) is 5.95 Å². The van der Waals surface area contributed by atoms with Gasteiger partial charge in [0.1, 0.15) is 0 Å². The third kappa shape index (κ3) is 4.99. The fourth-order valence-corrected chi connectivity index (χ4v) is 4.31. The monoisotopic (exact) mass is 460 g/mol. The van der Waals surface area contributed by atoms with E-state index in [9.17, 15) is 4.79 Å². The fourth-order valence-electron chi connectivity index (χ4n) is 4.12. The molecule has 7 nitrogen and oxygen atoms in total. The Morgan fingerprint density at radius 3 is 2.76 bits per heavy atom. The van der Waals surface area contributed by atoms with Crippen molar-refractivity contribution in [1.29, 1.82) is 0 Å². The van der Waals surface area contributed by atoms with Crippen LogP contribution in [0.1, 0.15) is 29.6 Å². The number of nitrogens with one attached hydrogen (secondary N) is 3. The summed E-state index contributed by atoms with van der Waals surface area (Å²) in [6.07, 6.45) is 3.37. The number of pyridine rings is 1. The lowest BCUT2D eigenvalue weighted by atomic mass is 10.1. The van der Waals surface area contributed by atoms with E-state index in [4.69, 9.17) is 11.6 Å². The van der Waals surface area contributed by atoms with Crippen molar-refractivity contribution < 1.29 is 4.79 Å². The molecule has 0 spiro atoms. The van der Waals surface area contributed by atoms with Crippen LogP contribution < -0.4 is 16.0 Å². The molecule has 1 unspecified atom stereocenters. The van der Waals surface area contributed by atoms with Gasteiger partial charge in [-0.3, -0.25) is 4.79 Å². The molecule has 1 aliphatic heterocycles. The number of anilines is 2. The largest absolute Gasteiger partial charge is 0.352 e. The first-order valence-corrected chi connectivity index (χ1v) is 11.5. The molecule has 1 saturated heterocycles. The SMILES string of the molecule is O=C(NCCC1CCCN1)c1ccc(Nc2nc3cccc(-c4cccc(Cl)c4)n3n2)cc1. The number of halogens is 1. The Kier molecular flexibility index (Phi) is 6.24. The average Bonchev–Trinajstić information content (AvgIpc) is 3.49. The second-order valence-electron chi connectivity index (χ2n) is 8.17. The molecule has 1 amide bonds. The summed E-state index contributed by atoms with van der Waals surface area (Å²) in [6, 6.07) is 21.3. The lowest BCUT2D eigenvalue weighted by Gasteiger charge is -2.11. The number of hydrogen-bond donors (Lipinski definition) is 3. The number of carbonyl (C=O) groups is 1. The van der Waals surface area contributed by atoms with Gasteiger partial charge in [0.15, 0.2) is 5.65 Å². The number of carbonyl (C=O) groups excluding carboxylic acids is 1. The van der Waals surface area contributed by atoms with Gasteiger partial charge in [-0.25, -0.2) is 4.52 Å². The Morgan fingerprint density at radius 1 is 1.12 bits per heavy atom. The van der Waals surface area contributed by atoms with E-state index in [0.717, 1.165) is 35.6 Å². The van der Waals surface area contributed by atoms with Gasteiger partial charge in [0, 0.05) is 34.4 Å². The van der Waals surface area contributed by atoms with Crippen molar-refractivity contribution in [3.8, 4) is 11.3 Å². The molecule has 0 radical (unpaired) electrons. The molecule has 8 heteroatoms. The van der Waals surface area contributed by atoms with Crippen LogP contribution in [0.2, 0.25) is 5.02 Å². The molecule has 4 aromatic rings. The van der Waals surface area contributed by atoms with E-state index in [1.165, 1.54) is 12.8 Å². The van der Waals surface area contributed by atoms with Crippen LogP contribution in [0.4, 0.5) is 11.6 Å². The maximum atomic E-state index is 12.4. The molecule has 2 aromatic carbocycles. The minimum atomic E-state index is -0.0587. The topological polar surface area (TPSA) is 83.4 Å². The van der Waals surface area contributed by atoms with E-state index in [1.807, 2.05) is 54.6 Å². The van der Waals surface area contributed by atoms with Crippen LogP contribution in [0.5, 0.6) is 0 Å². The second kappa shape index (κ2) is 9.60. The number of nitrogens with zero attached hydrogens (tertiary/aromatic N) is 3. The molecule has 168 valence electrons. The van der Waals surface area contributed by atoms with Gasteiger partial charge < -0.3 is 16.0 Å². The van der Waals surface area contributed by atoms with Gasteiger partial charge >= 0.3 is 0 Å². The highest BCUT2D eigenvalue weighted by atomic mass is 35.5. The lowest BCUT2D eigenvalue weighted by Crippen LogP contribution is -2.30. The molecule has 3 N–H and O–H groups in total. The minimum absolute atomic E-state index is 0.0587. The van der Waals surface area contributed by atoms with Crippen molar-refractivity contribution >= 4 is 34.8 Å². The smallest absolute Gasteiger partial charge is 0.251 e. The van der Waals surface area contributed by atoms with Crippen LogP contribution in [-0.4, -0.2) is 39.6 Å². The Labute approximate surface area is 197 Å². The first-order chi connectivity index (χ1) is 16.2. The molecule has 1 fully saturated rings. The lowest BCUT2D eigenvalue weighted by molar-refractivity contribution is 0.0952. The molecule has 0 bridgehead atoms. The van der Waals surface area contributed by atoms with Gasteiger partial charge in [-0.05, 0) is 74.3 Å². The van der Waals surface area contributed by atoms with Gasteiger partial charge in [-0.2, -0.15) is 4.98 Å².